The number of fused-ring (bicyclic) bond motifs is 4. The highest BCUT2D eigenvalue weighted by molar-refractivity contribution is 7.21. The zero-order valence-electron chi connectivity index (χ0n) is 20.3. The number of rotatable bonds is 5. The van der Waals surface area contributed by atoms with Gasteiger partial charge in [0.2, 0.25) is 11.6 Å². The zero-order chi connectivity index (χ0) is 25.8. The van der Waals surface area contributed by atoms with E-state index >= 15 is 0 Å². The normalized spacial score (nSPS) is 12.0. The van der Waals surface area contributed by atoms with E-state index in [0.29, 0.717) is 26.5 Å². The maximum Gasteiger partial charge on any atom is 0.212 e. The predicted molar refractivity (Wildman–Crippen MR) is 150 cm³/mol. The molecule has 0 atom stereocenters. The van der Waals surface area contributed by atoms with E-state index in [1.165, 1.54) is 11.3 Å². The highest BCUT2D eigenvalue weighted by Crippen LogP contribution is 2.49. The SMILES string of the molecule is COc1ccc(-c2c3c(nc4sc(C(=O)c5ccccc5)c(-n5cccc5)c24)C(=O)c2ccccc2-3)cc1. The summed E-state index contributed by atoms with van der Waals surface area (Å²) in [6.07, 6.45) is 3.88. The molecular formula is C32H20N2O3S. The van der Waals surface area contributed by atoms with Crippen molar-refractivity contribution in [2.45, 2.75) is 0 Å². The minimum absolute atomic E-state index is 0.0788. The predicted octanol–water partition coefficient (Wildman–Crippen LogP) is 7.21. The summed E-state index contributed by atoms with van der Waals surface area (Å²) in [5.74, 6) is 0.562. The highest BCUT2D eigenvalue weighted by atomic mass is 32.1. The van der Waals surface area contributed by atoms with Crippen molar-refractivity contribution in [3.8, 4) is 33.7 Å². The molecule has 38 heavy (non-hydrogen) atoms. The van der Waals surface area contributed by atoms with E-state index in [0.717, 1.165) is 39.1 Å². The maximum absolute atomic E-state index is 13.9. The first-order valence-electron chi connectivity index (χ1n) is 12.2. The molecule has 7 rings (SSSR count). The van der Waals surface area contributed by atoms with Gasteiger partial charge in [-0.1, -0.05) is 66.7 Å². The molecule has 3 heterocycles. The minimum atomic E-state index is -0.0980. The van der Waals surface area contributed by atoms with Crippen LogP contribution in [0.15, 0.2) is 103 Å². The summed E-state index contributed by atoms with van der Waals surface area (Å²) in [5, 5.41) is 0.846. The molecule has 0 saturated carbocycles. The molecule has 6 aromatic rings. The summed E-state index contributed by atoms with van der Waals surface area (Å²) in [7, 11) is 1.64. The molecular weight excluding hydrogens is 492 g/mol. The Hall–Kier alpha value is -4.81. The number of hydrogen-bond donors (Lipinski definition) is 0. The number of methoxy groups -OCH3 is 1. The number of ketones is 2. The Morgan fingerprint density at radius 3 is 2.21 bits per heavy atom. The van der Waals surface area contributed by atoms with Crippen molar-refractivity contribution < 1.29 is 14.3 Å². The second-order valence-electron chi connectivity index (χ2n) is 9.06. The Kier molecular flexibility index (Phi) is 5.09. The number of carbonyl (C=O) groups excluding carboxylic acids is 2. The third-order valence-electron chi connectivity index (χ3n) is 6.95. The number of pyridine rings is 1. The minimum Gasteiger partial charge on any atom is -0.497 e. The van der Waals surface area contributed by atoms with Gasteiger partial charge in [-0.2, -0.15) is 0 Å². The molecule has 3 aromatic carbocycles. The molecule has 0 fully saturated rings. The van der Waals surface area contributed by atoms with Gasteiger partial charge in [0.15, 0.2) is 0 Å². The van der Waals surface area contributed by atoms with Crippen LogP contribution in [0.5, 0.6) is 5.75 Å². The number of benzene rings is 3. The second kappa shape index (κ2) is 8.64. The van der Waals surface area contributed by atoms with Gasteiger partial charge < -0.3 is 9.30 Å². The van der Waals surface area contributed by atoms with Gasteiger partial charge in [-0.3, -0.25) is 9.59 Å². The van der Waals surface area contributed by atoms with Gasteiger partial charge in [-0.25, -0.2) is 4.98 Å². The van der Waals surface area contributed by atoms with Gasteiger partial charge in [0, 0.05) is 40.0 Å². The number of carbonyl (C=O) groups is 2. The molecule has 0 bridgehead atoms. The Balaban J connectivity index is 1.63. The highest BCUT2D eigenvalue weighted by Gasteiger charge is 2.35. The molecule has 0 N–H and O–H groups in total. The molecule has 0 amide bonds. The van der Waals surface area contributed by atoms with E-state index in [9.17, 15) is 9.59 Å². The van der Waals surface area contributed by atoms with Gasteiger partial charge in [0.25, 0.3) is 0 Å². The molecule has 0 saturated heterocycles. The third-order valence-corrected chi connectivity index (χ3v) is 8.03. The number of aromatic nitrogens is 2. The van der Waals surface area contributed by atoms with Crippen LogP contribution >= 0.6 is 11.3 Å². The molecule has 6 heteroatoms. The van der Waals surface area contributed by atoms with Crippen LogP contribution in [0.25, 0.3) is 38.2 Å². The number of thiophene rings is 1. The lowest BCUT2D eigenvalue weighted by atomic mass is 9.93. The van der Waals surface area contributed by atoms with E-state index in [-0.39, 0.29) is 11.6 Å². The molecule has 0 radical (unpaired) electrons. The third kappa shape index (κ3) is 3.27. The Morgan fingerprint density at radius 2 is 1.50 bits per heavy atom. The average molecular weight is 513 g/mol. The summed E-state index contributed by atoms with van der Waals surface area (Å²) in [6.45, 7) is 0. The van der Waals surface area contributed by atoms with Gasteiger partial charge in [-0.05, 0) is 35.4 Å². The lowest BCUT2D eigenvalue weighted by molar-refractivity contribution is 0.103. The van der Waals surface area contributed by atoms with E-state index in [1.807, 2.05) is 108 Å². The van der Waals surface area contributed by atoms with Gasteiger partial charge in [-0.15, -0.1) is 11.3 Å². The van der Waals surface area contributed by atoms with Crippen molar-refractivity contribution in [1.29, 1.82) is 0 Å². The van der Waals surface area contributed by atoms with Gasteiger partial charge in [0.1, 0.15) is 21.2 Å². The van der Waals surface area contributed by atoms with Crippen LogP contribution in [0, 0.1) is 0 Å². The van der Waals surface area contributed by atoms with Crippen LogP contribution in [0.2, 0.25) is 0 Å². The number of hydrogen-bond acceptors (Lipinski definition) is 5. The molecule has 182 valence electrons. The molecule has 1 aliphatic carbocycles. The molecule has 1 aliphatic rings. The van der Waals surface area contributed by atoms with Gasteiger partial charge in [0.05, 0.1) is 12.8 Å². The van der Waals surface area contributed by atoms with E-state index < -0.39 is 0 Å². The van der Waals surface area contributed by atoms with Crippen molar-refractivity contribution in [1.82, 2.24) is 9.55 Å². The molecule has 0 spiro atoms. The van der Waals surface area contributed by atoms with Crippen molar-refractivity contribution >= 4 is 33.1 Å². The summed E-state index contributed by atoms with van der Waals surface area (Å²) < 4.78 is 7.38. The van der Waals surface area contributed by atoms with Crippen LogP contribution in [0.1, 0.15) is 31.3 Å². The lowest BCUT2D eigenvalue weighted by Gasteiger charge is -2.14. The topological polar surface area (TPSA) is 61.2 Å². The first-order valence-corrected chi connectivity index (χ1v) is 13.0. The summed E-state index contributed by atoms with van der Waals surface area (Å²) in [5.41, 5.74) is 5.90. The van der Waals surface area contributed by atoms with Crippen molar-refractivity contribution in [3.63, 3.8) is 0 Å². The maximum atomic E-state index is 13.9. The van der Waals surface area contributed by atoms with Crippen molar-refractivity contribution in [3.05, 3.63) is 125 Å². The van der Waals surface area contributed by atoms with Crippen LogP contribution in [-0.4, -0.2) is 28.2 Å². The Bertz CT molecular complexity index is 1870. The fraction of sp³-hybridized carbons (Fsp3) is 0.0312. The van der Waals surface area contributed by atoms with Gasteiger partial charge >= 0.3 is 0 Å². The fourth-order valence-corrected chi connectivity index (χ4v) is 6.37. The lowest BCUT2D eigenvalue weighted by Crippen LogP contribution is -2.04. The van der Waals surface area contributed by atoms with Crippen molar-refractivity contribution in [2.75, 3.05) is 7.11 Å². The zero-order valence-corrected chi connectivity index (χ0v) is 21.2. The van der Waals surface area contributed by atoms with Crippen LogP contribution in [0.4, 0.5) is 0 Å². The van der Waals surface area contributed by atoms with Crippen LogP contribution in [-0.2, 0) is 0 Å². The first kappa shape index (κ1) is 22.4. The van der Waals surface area contributed by atoms with Crippen molar-refractivity contribution in [2.24, 2.45) is 0 Å². The smallest absolute Gasteiger partial charge is 0.212 e. The summed E-state index contributed by atoms with van der Waals surface area (Å²) >= 11 is 1.33. The molecule has 3 aromatic heterocycles. The van der Waals surface area contributed by atoms with E-state index in [2.05, 4.69) is 0 Å². The molecule has 0 unspecified atom stereocenters. The molecule has 0 aliphatic heterocycles. The summed E-state index contributed by atoms with van der Waals surface area (Å²) in [6, 6.07) is 28.6. The molecule has 5 nitrogen and oxygen atoms in total. The van der Waals surface area contributed by atoms with E-state index in [1.54, 1.807) is 7.11 Å². The summed E-state index contributed by atoms with van der Waals surface area (Å²) in [4.78, 5) is 33.6. The average Bonchev–Trinajstić information content (AvgIpc) is 3.70. The first-order chi connectivity index (χ1) is 18.7. The monoisotopic (exact) mass is 512 g/mol. The van der Waals surface area contributed by atoms with E-state index in [4.69, 9.17) is 9.72 Å². The van der Waals surface area contributed by atoms with Crippen LogP contribution in [0.3, 0.4) is 0 Å². The standard InChI is InChI=1S/C32H20N2O3S/c1-37-21-15-13-19(14-16-21)24-25-22-11-5-6-12-23(22)30(36)27(25)33-32-26(24)28(34-17-7-8-18-34)31(38-32)29(35)20-9-3-2-4-10-20/h2-18H,1H3. The number of ether oxygens (including phenoxy) is 1. The van der Waals surface area contributed by atoms with Crippen LogP contribution < -0.4 is 4.74 Å². The fourth-order valence-electron chi connectivity index (χ4n) is 5.22. The Morgan fingerprint density at radius 1 is 0.816 bits per heavy atom. The second-order valence-corrected chi connectivity index (χ2v) is 10.1. The number of nitrogens with zero attached hydrogens (tertiary/aromatic N) is 2. The Labute approximate surface area is 222 Å². The largest absolute Gasteiger partial charge is 0.497 e. The quantitative estimate of drug-likeness (QED) is 0.229.